The third-order valence-corrected chi connectivity index (χ3v) is 5.95. The summed E-state index contributed by atoms with van der Waals surface area (Å²) in [6.07, 6.45) is 1.71. The van der Waals surface area contributed by atoms with Gasteiger partial charge in [0.2, 0.25) is 0 Å². The smallest absolute Gasteiger partial charge is 0.143 e. The Balaban J connectivity index is 1.57. The summed E-state index contributed by atoms with van der Waals surface area (Å²) in [5.74, 6) is 0. The number of hydrogen-bond acceptors (Lipinski definition) is 3. The summed E-state index contributed by atoms with van der Waals surface area (Å²) in [7, 11) is 2.21. The van der Waals surface area contributed by atoms with Gasteiger partial charge in [0.05, 0.1) is 5.71 Å². The van der Waals surface area contributed by atoms with E-state index in [1.807, 2.05) is 24.3 Å². The number of benzene rings is 3. The van der Waals surface area contributed by atoms with E-state index < -0.39 is 0 Å². The Bertz CT molecular complexity index is 907. The zero-order valence-corrected chi connectivity index (χ0v) is 17.3. The van der Waals surface area contributed by atoms with Gasteiger partial charge in [-0.25, -0.2) is 0 Å². The van der Waals surface area contributed by atoms with E-state index >= 15 is 0 Å². The van der Waals surface area contributed by atoms with Crippen molar-refractivity contribution in [2.24, 2.45) is 5.16 Å². The van der Waals surface area contributed by atoms with Crippen LogP contribution in [0.25, 0.3) is 0 Å². The van der Waals surface area contributed by atoms with Gasteiger partial charge < -0.3 is 4.84 Å². The Morgan fingerprint density at radius 1 is 0.828 bits per heavy atom. The van der Waals surface area contributed by atoms with Gasteiger partial charge in [-0.3, -0.25) is 4.90 Å². The molecule has 0 radical (unpaired) electrons. The molecule has 4 rings (SSSR count). The summed E-state index contributed by atoms with van der Waals surface area (Å²) in [5.41, 5.74) is 4.63. The molecule has 0 saturated carbocycles. The molecule has 1 heterocycles. The minimum absolute atomic E-state index is 0.262. The van der Waals surface area contributed by atoms with E-state index in [9.17, 15) is 0 Å². The fourth-order valence-electron chi connectivity index (χ4n) is 3.97. The molecule has 0 N–H and O–H groups in total. The van der Waals surface area contributed by atoms with Crippen molar-refractivity contribution in [1.29, 1.82) is 0 Å². The van der Waals surface area contributed by atoms with E-state index in [2.05, 4.69) is 77.8 Å². The van der Waals surface area contributed by atoms with Crippen LogP contribution in [-0.4, -0.2) is 17.7 Å². The van der Waals surface area contributed by atoms with Crippen molar-refractivity contribution in [1.82, 2.24) is 4.90 Å². The summed E-state index contributed by atoms with van der Waals surface area (Å²) in [5, 5.41) is 5.25. The van der Waals surface area contributed by atoms with E-state index in [1.165, 1.54) is 11.1 Å². The van der Waals surface area contributed by atoms with E-state index in [0.29, 0.717) is 11.6 Å². The maximum Gasteiger partial charge on any atom is 0.143 e. The van der Waals surface area contributed by atoms with Crippen LogP contribution in [0, 0.1) is 0 Å². The van der Waals surface area contributed by atoms with Crippen LogP contribution >= 0.6 is 11.6 Å². The zero-order valence-electron chi connectivity index (χ0n) is 16.5. The standard InChI is InChI=1S/C25H25ClN2O/c1-28-24(19-10-4-2-5-11-19)16-22(17-25(28)20-12-6-3-7-13-20)27-29-18-21-14-8-9-15-23(21)26/h2-15,24-25H,16-18H2,1H3. The highest BCUT2D eigenvalue weighted by atomic mass is 35.5. The number of nitrogens with zero attached hydrogens (tertiary/aromatic N) is 2. The third-order valence-electron chi connectivity index (χ3n) is 5.58. The quantitative estimate of drug-likeness (QED) is 0.458. The molecule has 29 heavy (non-hydrogen) atoms. The van der Waals surface area contributed by atoms with Crippen molar-refractivity contribution in [3.05, 3.63) is 107 Å². The van der Waals surface area contributed by atoms with Crippen LogP contribution in [-0.2, 0) is 11.4 Å². The van der Waals surface area contributed by atoms with E-state index in [0.717, 1.165) is 24.1 Å². The molecule has 1 saturated heterocycles. The fourth-order valence-corrected chi connectivity index (χ4v) is 4.16. The maximum atomic E-state index is 6.24. The number of rotatable bonds is 5. The first-order valence-electron chi connectivity index (χ1n) is 9.95. The fraction of sp³-hybridized carbons (Fsp3) is 0.240. The van der Waals surface area contributed by atoms with E-state index in [-0.39, 0.29) is 12.1 Å². The Kier molecular flexibility index (Phi) is 6.28. The average molecular weight is 405 g/mol. The Labute approximate surface area is 177 Å². The number of halogens is 1. The Morgan fingerprint density at radius 2 is 1.34 bits per heavy atom. The second-order valence-electron chi connectivity index (χ2n) is 7.45. The molecule has 0 amide bonds. The Morgan fingerprint density at radius 3 is 1.90 bits per heavy atom. The third kappa shape index (κ3) is 4.69. The maximum absolute atomic E-state index is 6.24. The van der Waals surface area contributed by atoms with Crippen molar-refractivity contribution in [2.75, 3.05) is 7.05 Å². The molecule has 3 nitrogen and oxygen atoms in total. The summed E-state index contributed by atoms with van der Waals surface area (Å²) >= 11 is 6.24. The molecule has 4 heteroatoms. The molecule has 1 aliphatic heterocycles. The highest BCUT2D eigenvalue weighted by Gasteiger charge is 2.33. The first-order valence-corrected chi connectivity index (χ1v) is 10.3. The number of oxime groups is 1. The van der Waals surface area contributed by atoms with Crippen LogP contribution in [0.5, 0.6) is 0 Å². The van der Waals surface area contributed by atoms with Gasteiger partial charge in [-0.2, -0.15) is 0 Å². The van der Waals surface area contributed by atoms with Crippen LogP contribution in [0.1, 0.15) is 41.6 Å². The minimum Gasteiger partial charge on any atom is -0.391 e. The normalized spacial score (nSPS) is 19.7. The average Bonchev–Trinajstić information content (AvgIpc) is 2.77. The van der Waals surface area contributed by atoms with Crippen LogP contribution in [0.15, 0.2) is 90.1 Å². The monoisotopic (exact) mass is 404 g/mol. The summed E-state index contributed by atoms with van der Waals surface area (Å²) in [4.78, 5) is 8.18. The molecule has 2 atom stereocenters. The van der Waals surface area contributed by atoms with E-state index in [1.54, 1.807) is 0 Å². The first-order chi connectivity index (χ1) is 14.2. The first kappa shape index (κ1) is 19.7. The van der Waals surface area contributed by atoms with Gasteiger partial charge in [0, 0.05) is 35.5 Å². The van der Waals surface area contributed by atoms with Gasteiger partial charge in [-0.15, -0.1) is 0 Å². The van der Waals surface area contributed by atoms with Gasteiger partial charge in [0.25, 0.3) is 0 Å². The lowest BCUT2D eigenvalue weighted by molar-refractivity contribution is 0.118. The van der Waals surface area contributed by atoms with Crippen molar-refractivity contribution in [2.45, 2.75) is 31.5 Å². The molecule has 0 spiro atoms. The molecule has 0 bridgehead atoms. The van der Waals surface area contributed by atoms with Crippen molar-refractivity contribution in [3.8, 4) is 0 Å². The lowest BCUT2D eigenvalue weighted by Crippen LogP contribution is -2.37. The van der Waals surface area contributed by atoms with Crippen molar-refractivity contribution in [3.63, 3.8) is 0 Å². The number of piperidine rings is 1. The van der Waals surface area contributed by atoms with Crippen LogP contribution in [0.4, 0.5) is 0 Å². The molecule has 0 aliphatic carbocycles. The van der Waals surface area contributed by atoms with Gasteiger partial charge in [-0.05, 0) is 24.2 Å². The van der Waals surface area contributed by atoms with Gasteiger partial charge in [-0.1, -0.05) is 95.6 Å². The van der Waals surface area contributed by atoms with Crippen LogP contribution < -0.4 is 0 Å². The van der Waals surface area contributed by atoms with Crippen LogP contribution in [0.2, 0.25) is 5.02 Å². The van der Waals surface area contributed by atoms with Crippen molar-refractivity contribution < 1.29 is 4.84 Å². The molecular weight excluding hydrogens is 380 g/mol. The molecular formula is C25H25ClN2O. The second-order valence-corrected chi connectivity index (χ2v) is 7.86. The molecule has 3 aromatic carbocycles. The zero-order chi connectivity index (χ0) is 20.1. The lowest BCUT2D eigenvalue weighted by atomic mass is 9.87. The van der Waals surface area contributed by atoms with Gasteiger partial charge in [0.1, 0.15) is 6.61 Å². The Hall–Kier alpha value is -2.62. The van der Waals surface area contributed by atoms with Gasteiger partial charge in [0.15, 0.2) is 0 Å². The van der Waals surface area contributed by atoms with Gasteiger partial charge >= 0.3 is 0 Å². The van der Waals surface area contributed by atoms with E-state index in [4.69, 9.17) is 16.4 Å². The predicted octanol–water partition coefficient (Wildman–Crippen LogP) is 6.42. The SMILES string of the molecule is CN1C(c2ccccc2)CC(=NOCc2ccccc2Cl)CC1c1ccccc1. The molecule has 0 aromatic heterocycles. The number of hydrogen-bond donors (Lipinski definition) is 0. The molecule has 1 aliphatic rings. The summed E-state index contributed by atoms with van der Waals surface area (Å²) < 4.78 is 0. The predicted molar refractivity (Wildman–Crippen MR) is 119 cm³/mol. The van der Waals surface area contributed by atoms with Crippen LogP contribution in [0.3, 0.4) is 0 Å². The highest BCUT2D eigenvalue weighted by molar-refractivity contribution is 6.31. The minimum atomic E-state index is 0.262. The highest BCUT2D eigenvalue weighted by Crippen LogP contribution is 2.39. The second kappa shape index (κ2) is 9.25. The van der Waals surface area contributed by atoms with Crippen molar-refractivity contribution >= 4 is 17.3 Å². The summed E-state index contributed by atoms with van der Waals surface area (Å²) in [6, 6.07) is 29.5. The molecule has 1 fully saturated rings. The topological polar surface area (TPSA) is 24.8 Å². The summed E-state index contributed by atoms with van der Waals surface area (Å²) in [6.45, 7) is 0.380. The lowest BCUT2D eigenvalue weighted by Gasteiger charge is -2.40. The molecule has 148 valence electrons. The largest absolute Gasteiger partial charge is 0.391 e. The number of likely N-dealkylation sites (tertiary alicyclic amines) is 1. The molecule has 3 aromatic rings. The molecule has 2 unspecified atom stereocenters.